The van der Waals surface area contributed by atoms with Crippen LogP contribution in [0.3, 0.4) is 0 Å². The lowest BCUT2D eigenvalue weighted by Crippen LogP contribution is -2.31. The highest BCUT2D eigenvalue weighted by Crippen LogP contribution is 2.07. The van der Waals surface area contributed by atoms with Crippen LogP contribution in [0.2, 0.25) is 0 Å². The third-order valence-corrected chi connectivity index (χ3v) is 1.77. The molecule has 0 aromatic heterocycles. The van der Waals surface area contributed by atoms with Gasteiger partial charge in [-0.1, -0.05) is 0 Å². The molecule has 0 aromatic rings. The Labute approximate surface area is 64.6 Å². The lowest BCUT2D eigenvalue weighted by molar-refractivity contribution is -0.140. The summed E-state index contributed by atoms with van der Waals surface area (Å²) in [7, 11) is 0. The molecule has 1 saturated heterocycles. The van der Waals surface area contributed by atoms with Gasteiger partial charge in [0.1, 0.15) is 6.42 Å². The van der Waals surface area contributed by atoms with Gasteiger partial charge in [0.2, 0.25) is 0 Å². The summed E-state index contributed by atoms with van der Waals surface area (Å²) in [5, 5.41) is 11.2. The smallest absolute Gasteiger partial charge is 0.310 e. The van der Waals surface area contributed by atoms with Gasteiger partial charge < -0.3 is 10.4 Å². The van der Waals surface area contributed by atoms with Crippen LogP contribution in [-0.2, 0) is 9.59 Å². The maximum absolute atomic E-state index is 11.0. The Morgan fingerprint density at radius 3 is 2.73 bits per heavy atom. The van der Waals surface area contributed by atoms with Gasteiger partial charge in [0, 0.05) is 0 Å². The van der Waals surface area contributed by atoms with E-state index in [1.54, 1.807) is 0 Å². The number of carboxylic acids is 1. The highest BCUT2D eigenvalue weighted by atomic mass is 16.4. The van der Waals surface area contributed by atoms with Gasteiger partial charge in [0.05, 0.1) is 6.04 Å². The maximum Gasteiger partial charge on any atom is 0.310 e. The van der Waals surface area contributed by atoms with Gasteiger partial charge in [0.25, 0.3) is 0 Å². The lowest BCUT2D eigenvalue weighted by atomic mass is 10.1. The predicted octanol–water partition coefficient (Wildman–Crippen LogP) is -0.218. The van der Waals surface area contributed by atoms with E-state index in [1.165, 1.54) is 0 Å². The van der Waals surface area contributed by atoms with E-state index >= 15 is 0 Å². The van der Waals surface area contributed by atoms with Crippen LogP contribution in [-0.4, -0.2) is 29.4 Å². The molecule has 1 rings (SSSR count). The molecule has 1 aliphatic rings. The van der Waals surface area contributed by atoms with E-state index in [0.717, 1.165) is 19.4 Å². The van der Waals surface area contributed by atoms with Crippen LogP contribution >= 0.6 is 0 Å². The van der Waals surface area contributed by atoms with Gasteiger partial charge in [-0.15, -0.1) is 0 Å². The van der Waals surface area contributed by atoms with Crippen molar-refractivity contribution >= 4 is 11.8 Å². The molecule has 0 amide bonds. The molecule has 2 N–H and O–H groups in total. The molecule has 0 spiro atoms. The largest absolute Gasteiger partial charge is 0.481 e. The molecule has 11 heavy (non-hydrogen) atoms. The molecule has 0 radical (unpaired) electrons. The second kappa shape index (κ2) is 3.48. The summed E-state index contributed by atoms with van der Waals surface area (Å²) in [5.74, 6) is -1.24. The van der Waals surface area contributed by atoms with E-state index < -0.39 is 5.97 Å². The first-order valence-corrected chi connectivity index (χ1v) is 3.68. The van der Waals surface area contributed by atoms with Gasteiger partial charge >= 0.3 is 5.97 Å². The Balaban J connectivity index is 2.34. The second-order valence-electron chi connectivity index (χ2n) is 2.69. The molecule has 0 aliphatic carbocycles. The lowest BCUT2D eigenvalue weighted by Gasteiger charge is -2.05. The van der Waals surface area contributed by atoms with Gasteiger partial charge in [-0.25, -0.2) is 0 Å². The summed E-state index contributed by atoms with van der Waals surface area (Å²) < 4.78 is 0. The summed E-state index contributed by atoms with van der Waals surface area (Å²) >= 11 is 0. The first-order chi connectivity index (χ1) is 5.20. The van der Waals surface area contributed by atoms with Crippen LogP contribution in [0.15, 0.2) is 0 Å². The molecular weight excluding hydrogens is 146 g/mol. The van der Waals surface area contributed by atoms with Crippen molar-refractivity contribution in [2.45, 2.75) is 25.3 Å². The molecule has 4 nitrogen and oxygen atoms in total. The summed E-state index contributed by atoms with van der Waals surface area (Å²) in [6.45, 7) is 0.829. The fourth-order valence-electron chi connectivity index (χ4n) is 1.23. The molecule has 0 aromatic carbocycles. The quantitative estimate of drug-likeness (QED) is 0.556. The van der Waals surface area contributed by atoms with Gasteiger partial charge in [0.15, 0.2) is 5.78 Å². The first-order valence-electron chi connectivity index (χ1n) is 3.68. The Morgan fingerprint density at radius 1 is 1.55 bits per heavy atom. The van der Waals surface area contributed by atoms with Gasteiger partial charge in [-0.05, 0) is 19.4 Å². The molecule has 62 valence electrons. The number of carboxylic acid groups (broad SMARTS) is 1. The zero-order valence-corrected chi connectivity index (χ0v) is 6.17. The van der Waals surface area contributed by atoms with E-state index in [9.17, 15) is 9.59 Å². The van der Waals surface area contributed by atoms with Crippen molar-refractivity contribution in [3.05, 3.63) is 0 Å². The van der Waals surface area contributed by atoms with Crippen LogP contribution in [0.5, 0.6) is 0 Å². The summed E-state index contributed by atoms with van der Waals surface area (Å²) in [6, 6.07) is -0.203. The monoisotopic (exact) mass is 157 g/mol. The molecule has 4 heteroatoms. The summed E-state index contributed by atoms with van der Waals surface area (Å²) in [6.07, 6.45) is 1.40. The average molecular weight is 157 g/mol. The predicted molar refractivity (Wildman–Crippen MR) is 38.3 cm³/mol. The van der Waals surface area contributed by atoms with Crippen LogP contribution in [0.1, 0.15) is 19.3 Å². The molecular formula is C7H11NO3. The number of Topliss-reactive ketones (excluding diaryl/α,β-unsaturated/α-hetero) is 1. The highest BCUT2D eigenvalue weighted by Gasteiger charge is 2.23. The van der Waals surface area contributed by atoms with Crippen LogP contribution < -0.4 is 5.32 Å². The minimum atomic E-state index is -1.04. The van der Waals surface area contributed by atoms with E-state index in [1.807, 2.05) is 0 Å². The highest BCUT2D eigenvalue weighted by molar-refractivity contribution is 5.97. The van der Waals surface area contributed by atoms with E-state index in [0.29, 0.717) is 0 Å². The molecule has 1 atom stereocenters. The Hall–Kier alpha value is -0.900. The maximum atomic E-state index is 11.0. The molecule has 1 fully saturated rings. The van der Waals surface area contributed by atoms with Crippen molar-refractivity contribution in [2.24, 2.45) is 0 Å². The molecule has 1 aliphatic heterocycles. The number of ketones is 1. The van der Waals surface area contributed by atoms with E-state index in [4.69, 9.17) is 5.11 Å². The topological polar surface area (TPSA) is 66.4 Å². The van der Waals surface area contributed by atoms with Crippen molar-refractivity contribution in [1.82, 2.24) is 5.32 Å². The molecule has 0 bridgehead atoms. The number of hydrogen-bond donors (Lipinski definition) is 2. The molecule has 0 saturated carbocycles. The SMILES string of the molecule is O=C(O)CC(=O)[C@H]1CCCN1. The van der Waals surface area contributed by atoms with Crippen LogP contribution in [0.25, 0.3) is 0 Å². The van der Waals surface area contributed by atoms with E-state index in [-0.39, 0.29) is 18.2 Å². The fourth-order valence-corrected chi connectivity index (χ4v) is 1.23. The third kappa shape index (κ3) is 2.31. The molecule has 1 heterocycles. The van der Waals surface area contributed by atoms with Crippen molar-refractivity contribution in [3.8, 4) is 0 Å². The number of aliphatic carboxylic acids is 1. The fraction of sp³-hybridized carbons (Fsp3) is 0.714. The second-order valence-corrected chi connectivity index (χ2v) is 2.69. The normalized spacial score (nSPS) is 23.5. The minimum Gasteiger partial charge on any atom is -0.481 e. The third-order valence-electron chi connectivity index (χ3n) is 1.77. The summed E-state index contributed by atoms with van der Waals surface area (Å²) in [5.41, 5.74) is 0. The number of nitrogens with one attached hydrogen (secondary N) is 1. The van der Waals surface area contributed by atoms with Crippen LogP contribution in [0, 0.1) is 0 Å². The number of rotatable bonds is 3. The standard InChI is InChI=1S/C7H11NO3/c9-6(4-7(10)11)5-2-1-3-8-5/h5,8H,1-4H2,(H,10,11)/t5-/m1/s1. The Morgan fingerprint density at radius 2 is 2.27 bits per heavy atom. The Bertz CT molecular complexity index is 173. The average Bonchev–Trinajstić information content (AvgIpc) is 2.35. The van der Waals surface area contributed by atoms with Gasteiger partial charge in [-0.2, -0.15) is 0 Å². The van der Waals surface area contributed by atoms with Crippen molar-refractivity contribution in [3.63, 3.8) is 0 Å². The molecule has 0 unspecified atom stereocenters. The van der Waals surface area contributed by atoms with Crippen molar-refractivity contribution in [2.75, 3.05) is 6.54 Å². The number of carbonyl (C=O) groups is 2. The zero-order chi connectivity index (χ0) is 8.27. The number of carbonyl (C=O) groups excluding carboxylic acids is 1. The zero-order valence-electron chi connectivity index (χ0n) is 6.17. The van der Waals surface area contributed by atoms with E-state index in [2.05, 4.69) is 5.32 Å². The first kappa shape index (κ1) is 8.20. The van der Waals surface area contributed by atoms with Crippen LogP contribution in [0.4, 0.5) is 0 Å². The van der Waals surface area contributed by atoms with Gasteiger partial charge in [-0.3, -0.25) is 9.59 Å². The summed E-state index contributed by atoms with van der Waals surface area (Å²) in [4.78, 5) is 21.1. The van der Waals surface area contributed by atoms with Crippen molar-refractivity contribution in [1.29, 1.82) is 0 Å². The minimum absolute atomic E-state index is 0.199. The van der Waals surface area contributed by atoms with Crippen molar-refractivity contribution < 1.29 is 14.7 Å². The number of hydrogen-bond acceptors (Lipinski definition) is 3. The Kier molecular flexibility index (Phi) is 2.59.